The van der Waals surface area contributed by atoms with Crippen LogP contribution < -0.4 is 0 Å². The Balaban J connectivity index is 2.00. The molecule has 0 unspecified atom stereocenters. The molecule has 2 aromatic carbocycles. The molecular formula is C18H13NO. The van der Waals surface area contributed by atoms with Crippen molar-refractivity contribution in [2.45, 2.75) is 6.04 Å². The molecule has 0 bridgehead atoms. The fourth-order valence-electron chi connectivity index (χ4n) is 3.07. The minimum absolute atomic E-state index is 0.0106. The van der Waals surface area contributed by atoms with Crippen LogP contribution in [0.15, 0.2) is 66.2 Å². The number of carbonyl (C=O) groups is 1. The molecule has 0 saturated heterocycles. The van der Waals surface area contributed by atoms with Gasteiger partial charge in [-0.05, 0) is 23.8 Å². The highest BCUT2D eigenvalue weighted by Crippen LogP contribution is 2.38. The van der Waals surface area contributed by atoms with Gasteiger partial charge in [0, 0.05) is 22.2 Å². The van der Waals surface area contributed by atoms with Gasteiger partial charge in [-0.15, -0.1) is 0 Å². The molecule has 0 saturated carbocycles. The molecule has 0 fully saturated rings. The number of benzene rings is 2. The van der Waals surface area contributed by atoms with Crippen molar-refractivity contribution in [3.05, 3.63) is 77.5 Å². The van der Waals surface area contributed by atoms with E-state index in [-0.39, 0.29) is 6.04 Å². The summed E-state index contributed by atoms with van der Waals surface area (Å²) in [5.74, 6) is 0. The van der Waals surface area contributed by atoms with E-state index in [4.69, 9.17) is 0 Å². The highest BCUT2D eigenvalue weighted by atomic mass is 16.1. The van der Waals surface area contributed by atoms with E-state index in [1.54, 1.807) is 0 Å². The molecule has 2 heteroatoms. The van der Waals surface area contributed by atoms with Crippen molar-refractivity contribution in [3.63, 3.8) is 0 Å². The Morgan fingerprint density at radius 1 is 0.950 bits per heavy atom. The molecule has 0 amide bonds. The molecule has 1 aromatic heterocycles. The van der Waals surface area contributed by atoms with E-state index in [0.717, 1.165) is 23.1 Å². The normalized spacial score (nSPS) is 17.0. The van der Waals surface area contributed by atoms with Gasteiger partial charge in [0.2, 0.25) is 0 Å². The lowest BCUT2D eigenvalue weighted by Gasteiger charge is -2.17. The lowest BCUT2D eigenvalue weighted by Crippen LogP contribution is -2.10. The van der Waals surface area contributed by atoms with Crippen LogP contribution in [-0.4, -0.2) is 10.9 Å². The zero-order valence-corrected chi connectivity index (χ0v) is 10.9. The van der Waals surface area contributed by atoms with Crippen molar-refractivity contribution in [3.8, 4) is 0 Å². The number of fused-ring (bicyclic) bond motifs is 3. The molecule has 1 atom stereocenters. The van der Waals surface area contributed by atoms with Crippen LogP contribution in [0, 0.1) is 0 Å². The van der Waals surface area contributed by atoms with E-state index in [1.807, 2.05) is 36.4 Å². The minimum Gasteiger partial charge on any atom is -0.329 e. The molecule has 3 aromatic rings. The summed E-state index contributed by atoms with van der Waals surface area (Å²) in [4.78, 5) is 11.4. The number of rotatable bonds is 2. The first-order chi connectivity index (χ1) is 9.88. The van der Waals surface area contributed by atoms with E-state index < -0.39 is 0 Å². The second kappa shape index (κ2) is 4.20. The fraction of sp³-hybridized carbons (Fsp3) is 0.0556. The number of hydrogen-bond donors (Lipinski definition) is 0. The SMILES string of the molecule is O=CC1=Cc2cc3ccccc3n2[C@@H]1c1ccccc1. The number of carbonyl (C=O) groups excluding carboxylic acids is 1. The molecular weight excluding hydrogens is 246 g/mol. The molecule has 20 heavy (non-hydrogen) atoms. The molecule has 2 heterocycles. The molecule has 96 valence electrons. The van der Waals surface area contributed by atoms with Crippen molar-refractivity contribution in [1.82, 2.24) is 4.57 Å². The van der Waals surface area contributed by atoms with Crippen molar-refractivity contribution in [1.29, 1.82) is 0 Å². The van der Waals surface area contributed by atoms with Gasteiger partial charge in [0.15, 0.2) is 0 Å². The van der Waals surface area contributed by atoms with Crippen LogP contribution in [0.25, 0.3) is 17.0 Å². The van der Waals surface area contributed by atoms with Crippen LogP contribution in [0.1, 0.15) is 17.3 Å². The predicted octanol–water partition coefficient (Wildman–Crippen LogP) is 3.83. The van der Waals surface area contributed by atoms with Crippen LogP contribution in [0.5, 0.6) is 0 Å². The van der Waals surface area contributed by atoms with E-state index >= 15 is 0 Å². The van der Waals surface area contributed by atoms with E-state index in [0.29, 0.717) is 0 Å². The molecule has 1 aliphatic heterocycles. The van der Waals surface area contributed by atoms with Gasteiger partial charge in [-0.2, -0.15) is 0 Å². The van der Waals surface area contributed by atoms with Crippen LogP contribution in [0.2, 0.25) is 0 Å². The van der Waals surface area contributed by atoms with Crippen molar-refractivity contribution < 1.29 is 4.79 Å². The Morgan fingerprint density at radius 3 is 2.50 bits per heavy atom. The summed E-state index contributed by atoms with van der Waals surface area (Å²) in [5.41, 5.74) is 4.23. The Bertz CT molecular complexity index is 827. The second-order valence-electron chi connectivity index (χ2n) is 5.07. The van der Waals surface area contributed by atoms with Gasteiger partial charge in [-0.3, -0.25) is 4.79 Å². The maximum absolute atomic E-state index is 11.4. The van der Waals surface area contributed by atoms with Crippen LogP contribution in [0.3, 0.4) is 0 Å². The Labute approximate surface area is 117 Å². The first-order valence-electron chi connectivity index (χ1n) is 6.70. The molecule has 4 rings (SSSR count). The number of hydrogen-bond acceptors (Lipinski definition) is 1. The first-order valence-corrected chi connectivity index (χ1v) is 6.70. The largest absolute Gasteiger partial charge is 0.329 e. The Morgan fingerprint density at radius 2 is 1.70 bits per heavy atom. The molecule has 0 aliphatic carbocycles. The summed E-state index contributed by atoms with van der Waals surface area (Å²) in [7, 11) is 0. The van der Waals surface area contributed by atoms with Crippen LogP contribution in [-0.2, 0) is 4.79 Å². The third-order valence-corrected chi connectivity index (χ3v) is 3.92. The maximum Gasteiger partial charge on any atom is 0.148 e. The van der Waals surface area contributed by atoms with Gasteiger partial charge < -0.3 is 4.57 Å². The third kappa shape index (κ3) is 1.48. The summed E-state index contributed by atoms with van der Waals surface area (Å²) in [6, 6.07) is 20.6. The Kier molecular flexibility index (Phi) is 2.36. The van der Waals surface area contributed by atoms with Gasteiger partial charge in [0.05, 0.1) is 6.04 Å². The highest BCUT2D eigenvalue weighted by molar-refractivity contribution is 5.92. The number of nitrogens with zero attached hydrogens (tertiary/aromatic N) is 1. The van der Waals surface area contributed by atoms with E-state index in [1.165, 1.54) is 10.9 Å². The van der Waals surface area contributed by atoms with Gasteiger partial charge >= 0.3 is 0 Å². The maximum atomic E-state index is 11.4. The molecule has 0 spiro atoms. The molecule has 2 nitrogen and oxygen atoms in total. The number of para-hydroxylation sites is 1. The molecule has 0 radical (unpaired) electrons. The minimum atomic E-state index is -0.0106. The van der Waals surface area contributed by atoms with Gasteiger partial charge in [0.1, 0.15) is 6.29 Å². The fourth-order valence-corrected chi connectivity index (χ4v) is 3.07. The summed E-state index contributed by atoms with van der Waals surface area (Å²) >= 11 is 0. The van der Waals surface area contributed by atoms with Crippen LogP contribution >= 0.6 is 0 Å². The quantitative estimate of drug-likeness (QED) is 0.641. The van der Waals surface area contributed by atoms with Crippen molar-refractivity contribution >= 4 is 23.3 Å². The smallest absolute Gasteiger partial charge is 0.148 e. The lowest BCUT2D eigenvalue weighted by molar-refractivity contribution is -0.105. The monoisotopic (exact) mass is 259 g/mol. The standard InChI is InChI=1S/C18H13NO/c20-12-15-11-16-10-14-8-4-5-9-17(14)19(16)18(15)13-6-2-1-3-7-13/h1-12,18H/t18-/m1/s1. The zero-order valence-electron chi connectivity index (χ0n) is 10.9. The van der Waals surface area contributed by atoms with Gasteiger partial charge in [0.25, 0.3) is 0 Å². The van der Waals surface area contributed by atoms with E-state index in [2.05, 4.69) is 34.9 Å². The molecule has 1 aliphatic rings. The summed E-state index contributed by atoms with van der Waals surface area (Å²) in [6.07, 6.45) is 2.96. The van der Waals surface area contributed by atoms with Gasteiger partial charge in [-0.25, -0.2) is 0 Å². The molecule has 0 N–H and O–H groups in total. The van der Waals surface area contributed by atoms with Gasteiger partial charge in [-0.1, -0.05) is 48.5 Å². The first kappa shape index (κ1) is 11.2. The summed E-state index contributed by atoms with van der Waals surface area (Å²) in [6.45, 7) is 0. The lowest BCUT2D eigenvalue weighted by atomic mass is 10.0. The topological polar surface area (TPSA) is 22.0 Å². The van der Waals surface area contributed by atoms with Crippen LogP contribution in [0.4, 0.5) is 0 Å². The zero-order chi connectivity index (χ0) is 13.5. The number of aromatic nitrogens is 1. The van der Waals surface area contributed by atoms with Crippen molar-refractivity contribution in [2.75, 3.05) is 0 Å². The average Bonchev–Trinajstić information content (AvgIpc) is 3.03. The predicted molar refractivity (Wildman–Crippen MR) is 80.6 cm³/mol. The second-order valence-corrected chi connectivity index (χ2v) is 5.07. The van der Waals surface area contributed by atoms with Crippen molar-refractivity contribution in [2.24, 2.45) is 0 Å². The summed E-state index contributed by atoms with van der Waals surface area (Å²) in [5, 5.41) is 1.21. The highest BCUT2D eigenvalue weighted by Gasteiger charge is 2.27. The average molecular weight is 259 g/mol. The third-order valence-electron chi connectivity index (χ3n) is 3.92. The number of allylic oxidation sites excluding steroid dienone is 1. The number of aldehydes is 1. The Hall–Kier alpha value is -2.61. The summed E-state index contributed by atoms with van der Waals surface area (Å²) < 4.78 is 2.24. The van der Waals surface area contributed by atoms with E-state index in [9.17, 15) is 4.79 Å².